The van der Waals surface area contributed by atoms with Gasteiger partial charge in [0.2, 0.25) is 5.91 Å². The van der Waals surface area contributed by atoms with Crippen LogP contribution in [0.2, 0.25) is 0 Å². The summed E-state index contributed by atoms with van der Waals surface area (Å²) in [5.41, 5.74) is -0.886. The lowest BCUT2D eigenvalue weighted by molar-refractivity contribution is -0.139. The second-order valence-corrected chi connectivity index (χ2v) is 4.80. The summed E-state index contributed by atoms with van der Waals surface area (Å²) in [5, 5.41) is 9.15. The Balaban J connectivity index is 2.77. The zero-order valence-electron chi connectivity index (χ0n) is 11.0. The molecule has 1 saturated heterocycles. The molecule has 96 valence electrons. The number of rotatable bonds is 3. The Morgan fingerprint density at radius 2 is 2.29 bits per heavy atom. The molecule has 0 aromatic heterocycles. The van der Waals surface area contributed by atoms with Crippen LogP contribution < -0.4 is 0 Å². The van der Waals surface area contributed by atoms with Crippen molar-refractivity contribution in [2.45, 2.75) is 46.1 Å². The number of hydrogen-bond donors (Lipinski definition) is 0. The molecule has 1 aliphatic heterocycles. The second kappa shape index (κ2) is 6.02. The fourth-order valence-electron chi connectivity index (χ4n) is 1.95. The van der Waals surface area contributed by atoms with Crippen LogP contribution in [0.4, 0.5) is 0 Å². The molecule has 0 radical (unpaired) electrons. The first kappa shape index (κ1) is 14.0. The third kappa shape index (κ3) is 3.19. The van der Waals surface area contributed by atoms with Gasteiger partial charge in [-0.05, 0) is 26.2 Å². The van der Waals surface area contributed by atoms with Crippen molar-refractivity contribution in [1.82, 2.24) is 4.90 Å². The van der Waals surface area contributed by atoms with Crippen LogP contribution in [0, 0.1) is 16.7 Å². The van der Waals surface area contributed by atoms with Gasteiger partial charge in [0.15, 0.2) is 0 Å². The first-order valence-electron chi connectivity index (χ1n) is 6.39. The van der Waals surface area contributed by atoms with Crippen LogP contribution in [0.5, 0.6) is 0 Å². The molecule has 1 rings (SSSR count). The van der Waals surface area contributed by atoms with Crippen molar-refractivity contribution in [3.05, 3.63) is 0 Å². The predicted molar refractivity (Wildman–Crippen MR) is 65.2 cm³/mol. The number of carbonyl (C=O) groups is 1. The first-order chi connectivity index (χ1) is 8.07. The molecule has 1 aliphatic rings. The van der Waals surface area contributed by atoms with Crippen molar-refractivity contribution in [3.63, 3.8) is 0 Å². The maximum Gasteiger partial charge on any atom is 0.242 e. The lowest BCUT2D eigenvalue weighted by Crippen LogP contribution is -2.44. The normalized spacial score (nSPS) is 24.6. The van der Waals surface area contributed by atoms with E-state index in [-0.39, 0.29) is 12.0 Å². The van der Waals surface area contributed by atoms with Crippen LogP contribution >= 0.6 is 0 Å². The van der Waals surface area contributed by atoms with Gasteiger partial charge in [0.1, 0.15) is 5.41 Å². The molecule has 1 amide bonds. The van der Waals surface area contributed by atoms with E-state index in [1.54, 1.807) is 11.8 Å². The van der Waals surface area contributed by atoms with Gasteiger partial charge in [-0.3, -0.25) is 4.79 Å². The van der Waals surface area contributed by atoms with E-state index in [9.17, 15) is 4.79 Å². The van der Waals surface area contributed by atoms with Crippen molar-refractivity contribution < 1.29 is 9.53 Å². The fraction of sp³-hybridized carbons (Fsp3) is 0.846. The summed E-state index contributed by atoms with van der Waals surface area (Å²) < 4.78 is 5.64. The molecular formula is C13H22N2O2. The summed E-state index contributed by atoms with van der Waals surface area (Å²) in [5.74, 6) is -0.0496. The zero-order chi connectivity index (χ0) is 12.9. The third-order valence-electron chi connectivity index (χ3n) is 3.52. The number of nitriles is 1. The minimum Gasteiger partial charge on any atom is -0.376 e. The lowest BCUT2D eigenvalue weighted by Gasteiger charge is -2.29. The van der Waals surface area contributed by atoms with Gasteiger partial charge in [-0.2, -0.15) is 5.26 Å². The smallest absolute Gasteiger partial charge is 0.242 e. The lowest BCUT2D eigenvalue weighted by atomic mass is 9.87. The molecule has 0 bridgehead atoms. The summed E-state index contributed by atoms with van der Waals surface area (Å²) in [4.78, 5) is 14.1. The number of hydrogen-bond acceptors (Lipinski definition) is 3. The topological polar surface area (TPSA) is 53.3 Å². The first-order valence-corrected chi connectivity index (χ1v) is 6.39. The predicted octanol–water partition coefficient (Wildman–Crippen LogP) is 1.95. The minimum atomic E-state index is -0.886. The molecule has 1 heterocycles. The van der Waals surface area contributed by atoms with Crippen LogP contribution in [-0.4, -0.2) is 36.6 Å². The average molecular weight is 238 g/mol. The summed E-state index contributed by atoms with van der Waals surface area (Å²) in [6.07, 6.45) is 2.42. The SMILES string of the molecule is CCC1CN(C(=O)C(C)(C#N)CC)CCCO1. The third-order valence-corrected chi connectivity index (χ3v) is 3.52. The molecule has 4 nitrogen and oxygen atoms in total. The highest BCUT2D eigenvalue weighted by Crippen LogP contribution is 2.24. The Morgan fingerprint density at radius 3 is 2.82 bits per heavy atom. The van der Waals surface area contributed by atoms with Gasteiger partial charge < -0.3 is 9.64 Å². The highest BCUT2D eigenvalue weighted by molar-refractivity contribution is 5.85. The van der Waals surface area contributed by atoms with E-state index >= 15 is 0 Å². The molecule has 0 aromatic rings. The number of ether oxygens (including phenoxy) is 1. The van der Waals surface area contributed by atoms with Crippen LogP contribution in [0.25, 0.3) is 0 Å². The van der Waals surface area contributed by atoms with Gasteiger partial charge in [0.05, 0.1) is 12.2 Å². The second-order valence-electron chi connectivity index (χ2n) is 4.80. The van der Waals surface area contributed by atoms with Crippen LogP contribution in [-0.2, 0) is 9.53 Å². The van der Waals surface area contributed by atoms with Gasteiger partial charge in [-0.25, -0.2) is 0 Å². The fourth-order valence-corrected chi connectivity index (χ4v) is 1.95. The van der Waals surface area contributed by atoms with E-state index in [1.807, 2.05) is 6.92 Å². The molecule has 2 atom stereocenters. The molecule has 17 heavy (non-hydrogen) atoms. The summed E-state index contributed by atoms with van der Waals surface area (Å²) in [6, 6.07) is 2.15. The number of carbonyl (C=O) groups excluding carboxylic acids is 1. The van der Waals surface area contributed by atoms with Gasteiger partial charge in [-0.15, -0.1) is 0 Å². The van der Waals surface area contributed by atoms with Gasteiger partial charge in [0.25, 0.3) is 0 Å². The molecule has 2 unspecified atom stereocenters. The molecule has 4 heteroatoms. The van der Waals surface area contributed by atoms with E-state index < -0.39 is 5.41 Å². The Labute approximate surface area is 104 Å². The Morgan fingerprint density at radius 1 is 1.59 bits per heavy atom. The standard InChI is InChI=1S/C13H22N2O2/c1-4-11-9-15(7-6-8-17-11)12(16)13(3,5-2)10-14/h11H,4-9H2,1-3H3. The monoisotopic (exact) mass is 238 g/mol. The summed E-state index contributed by atoms with van der Waals surface area (Å²) in [6.45, 7) is 7.69. The van der Waals surface area contributed by atoms with Crippen molar-refractivity contribution in [3.8, 4) is 6.07 Å². The number of nitrogens with zero attached hydrogens (tertiary/aromatic N) is 2. The van der Waals surface area contributed by atoms with Gasteiger partial charge in [0, 0.05) is 19.7 Å². The van der Waals surface area contributed by atoms with Crippen LogP contribution in [0.15, 0.2) is 0 Å². The maximum absolute atomic E-state index is 12.3. The molecule has 0 aromatic carbocycles. The Hall–Kier alpha value is -1.08. The van der Waals surface area contributed by atoms with Gasteiger partial charge >= 0.3 is 0 Å². The van der Waals surface area contributed by atoms with Crippen molar-refractivity contribution in [1.29, 1.82) is 5.26 Å². The zero-order valence-corrected chi connectivity index (χ0v) is 11.0. The van der Waals surface area contributed by atoms with E-state index in [0.717, 1.165) is 12.8 Å². The van der Waals surface area contributed by atoms with Crippen molar-refractivity contribution in [2.75, 3.05) is 19.7 Å². The minimum absolute atomic E-state index is 0.0496. The summed E-state index contributed by atoms with van der Waals surface area (Å²) >= 11 is 0. The van der Waals surface area contributed by atoms with Gasteiger partial charge in [-0.1, -0.05) is 13.8 Å². The maximum atomic E-state index is 12.3. The average Bonchev–Trinajstić information content (AvgIpc) is 2.62. The van der Waals surface area contributed by atoms with Crippen LogP contribution in [0.3, 0.4) is 0 Å². The molecule has 0 saturated carbocycles. The van der Waals surface area contributed by atoms with Crippen LogP contribution in [0.1, 0.15) is 40.0 Å². The largest absolute Gasteiger partial charge is 0.376 e. The Bertz CT molecular complexity index is 311. The van der Waals surface area contributed by atoms with E-state index in [4.69, 9.17) is 10.00 Å². The number of amides is 1. The van der Waals surface area contributed by atoms with E-state index in [2.05, 4.69) is 13.0 Å². The molecule has 0 spiro atoms. The Kier molecular flexibility index (Phi) is 4.95. The molecule has 0 aliphatic carbocycles. The quantitative estimate of drug-likeness (QED) is 0.755. The van der Waals surface area contributed by atoms with Crippen molar-refractivity contribution >= 4 is 5.91 Å². The molecule has 1 fully saturated rings. The molecule has 0 N–H and O–H groups in total. The highest BCUT2D eigenvalue weighted by atomic mass is 16.5. The van der Waals surface area contributed by atoms with E-state index in [0.29, 0.717) is 26.1 Å². The highest BCUT2D eigenvalue weighted by Gasteiger charge is 2.36. The van der Waals surface area contributed by atoms with E-state index in [1.165, 1.54) is 0 Å². The molecular weight excluding hydrogens is 216 g/mol. The van der Waals surface area contributed by atoms with Crippen molar-refractivity contribution in [2.24, 2.45) is 5.41 Å². The summed E-state index contributed by atoms with van der Waals surface area (Å²) in [7, 11) is 0.